The molecule has 0 N–H and O–H groups in total. The van der Waals surface area contributed by atoms with Crippen molar-refractivity contribution in [3.05, 3.63) is 64.2 Å². The summed E-state index contributed by atoms with van der Waals surface area (Å²) in [6, 6.07) is 13.8. The van der Waals surface area contributed by atoms with Gasteiger partial charge < -0.3 is 4.74 Å². The quantitative estimate of drug-likeness (QED) is 0.730. The average molecular weight is 279 g/mol. The van der Waals surface area contributed by atoms with Gasteiger partial charge in [-0.3, -0.25) is 0 Å². The predicted octanol–water partition coefficient (Wildman–Crippen LogP) is 4.60. The largest absolute Gasteiger partial charge is 0.493 e. The van der Waals surface area contributed by atoms with Gasteiger partial charge in [-0.05, 0) is 34.9 Å². The molecule has 1 aliphatic rings. The zero-order chi connectivity index (χ0) is 12.5. The lowest BCUT2D eigenvalue weighted by Crippen LogP contribution is -1.94. The fourth-order valence-corrected chi connectivity index (χ4v) is 2.69. The third kappa shape index (κ3) is 2.21. The number of halogens is 2. The highest BCUT2D eigenvalue weighted by Crippen LogP contribution is 2.34. The Morgan fingerprint density at radius 3 is 2.72 bits per heavy atom. The Hall–Kier alpha value is -1.18. The maximum absolute atomic E-state index is 6.51. The molecule has 0 spiro atoms. The van der Waals surface area contributed by atoms with Crippen molar-refractivity contribution in [3.8, 4) is 5.75 Å². The topological polar surface area (TPSA) is 9.23 Å². The zero-order valence-electron chi connectivity index (χ0n) is 9.70. The van der Waals surface area contributed by atoms with Crippen molar-refractivity contribution in [2.75, 3.05) is 6.61 Å². The van der Waals surface area contributed by atoms with Crippen molar-refractivity contribution in [2.24, 2.45) is 0 Å². The molecule has 0 saturated heterocycles. The number of alkyl halides is 1. The van der Waals surface area contributed by atoms with Crippen molar-refractivity contribution in [2.45, 2.75) is 11.8 Å². The summed E-state index contributed by atoms with van der Waals surface area (Å²) >= 11 is 12.5. The van der Waals surface area contributed by atoms with Crippen molar-refractivity contribution in [1.29, 1.82) is 0 Å². The van der Waals surface area contributed by atoms with E-state index in [2.05, 4.69) is 6.07 Å². The minimum atomic E-state index is -0.172. The van der Waals surface area contributed by atoms with Crippen molar-refractivity contribution in [3.63, 3.8) is 0 Å². The standard InChI is InChI=1S/C15H12Cl2O/c16-13-3-1-2-11(9-13)15(17)12-4-5-14-10(8-12)6-7-18-14/h1-5,8-9,15H,6-7H2. The molecule has 1 nitrogen and oxygen atoms in total. The van der Waals surface area contributed by atoms with Crippen LogP contribution in [0.3, 0.4) is 0 Å². The van der Waals surface area contributed by atoms with Crippen LogP contribution in [0.15, 0.2) is 42.5 Å². The lowest BCUT2D eigenvalue weighted by molar-refractivity contribution is 0.357. The minimum Gasteiger partial charge on any atom is -0.493 e. The molecule has 0 radical (unpaired) electrons. The van der Waals surface area contributed by atoms with Crippen LogP contribution in [0.1, 0.15) is 22.1 Å². The fourth-order valence-electron chi connectivity index (χ4n) is 2.22. The molecule has 3 rings (SSSR count). The van der Waals surface area contributed by atoms with Crippen LogP contribution in [-0.2, 0) is 6.42 Å². The smallest absolute Gasteiger partial charge is 0.122 e. The first-order valence-electron chi connectivity index (χ1n) is 5.89. The maximum atomic E-state index is 6.51. The lowest BCUT2D eigenvalue weighted by Gasteiger charge is -2.12. The number of hydrogen-bond donors (Lipinski definition) is 0. The van der Waals surface area contributed by atoms with Crippen molar-refractivity contribution < 1.29 is 4.74 Å². The molecule has 1 aliphatic heterocycles. The Bertz CT molecular complexity index is 580. The maximum Gasteiger partial charge on any atom is 0.122 e. The van der Waals surface area contributed by atoms with E-state index in [-0.39, 0.29) is 5.38 Å². The Balaban J connectivity index is 1.95. The summed E-state index contributed by atoms with van der Waals surface area (Å²) in [6.45, 7) is 0.767. The van der Waals surface area contributed by atoms with E-state index in [0.717, 1.165) is 29.9 Å². The van der Waals surface area contributed by atoms with E-state index in [0.29, 0.717) is 5.02 Å². The first kappa shape index (κ1) is 11.9. The van der Waals surface area contributed by atoms with E-state index in [1.165, 1.54) is 5.56 Å². The number of hydrogen-bond acceptors (Lipinski definition) is 1. The fraction of sp³-hybridized carbons (Fsp3) is 0.200. The number of fused-ring (bicyclic) bond motifs is 1. The van der Waals surface area contributed by atoms with E-state index in [4.69, 9.17) is 27.9 Å². The highest BCUT2D eigenvalue weighted by Gasteiger charge is 2.16. The lowest BCUT2D eigenvalue weighted by atomic mass is 10.0. The van der Waals surface area contributed by atoms with Crippen molar-refractivity contribution >= 4 is 23.2 Å². The van der Waals surface area contributed by atoms with Gasteiger partial charge in [-0.1, -0.05) is 35.9 Å². The molecular weight excluding hydrogens is 267 g/mol. The molecule has 3 heteroatoms. The number of rotatable bonds is 2. The molecule has 92 valence electrons. The monoisotopic (exact) mass is 278 g/mol. The minimum absolute atomic E-state index is 0.172. The molecule has 0 fully saturated rings. The summed E-state index contributed by atoms with van der Waals surface area (Å²) < 4.78 is 5.49. The molecule has 18 heavy (non-hydrogen) atoms. The van der Waals surface area contributed by atoms with E-state index in [9.17, 15) is 0 Å². The van der Waals surface area contributed by atoms with Gasteiger partial charge >= 0.3 is 0 Å². The Kier molecular flexibility index (Phi) is 3.19. The highest BCUT2D eigenvalue weighted by molar-refractivity contribution is 6.30. The summed E-state index contributed by atoms with van der Waals surface area (Å²) in [7, 11) is 0. The van der Waals surface area contributed by atoms with Crippen LogP contribution < -0.4 is 4.74 Å². The van der Waals surface area contributed by atoms with Crippen LogP contribution in [0.5, 0.6) is 5.75 Å². The van der Waals surface area contributed by atoms with Gasteiger partial charge in [-0.2, -0.15) is 0 Å². The molecular formula is C15H12Cl2O. The molecule has 1 unspecified atom stereocenters. The van der Waals surface area contributed by atoms with E-state index >= 15 is 0 Å². The molecule has 0 aromatic heterocycles. The van der Waals surface area contributed by atoms with Gasteiger partial charge in [0.2, 0.25) is 0 Å². The second-order valence-electron chi connectivity index (χ2n) is 4.38. The second-order valence-corrected chi connectivity index (χ2v) is 5.26. The number of ether oxygens (including phenoxy) is 1. The van der Waals surface area contributed by atoms with Crippen LogP contribution >= 0.6 is 23.2 Å². The van der Waals surface area contributed by atoms with E-state index in [1.54, 1.807) is 0 Å². The molecule has 0 amide bonds. The van der Waals surface area contributed by atoms with Gasteiger partial charge in [-0.15, -0.1) is 11.6 Å². The van der Waals surface area contributed by atoms with Gasteiger partial charge in [0.1, 0.15) is 5.75 Å². The highest BCUT2D eigenvalue weighted by atomic mass is 35.5. The van der Waals surface area contributed by atoms with Gasteiger partial charge in [0.05, 0.1) is 12.0 Å². The summed E-state index contributed by atoms with van der Waals surface area (Å²) in [5, 5.41) is 0.539. The Morgan fingerprint density at radius 1 is 1.06 bits per heavy atom. The SMILES string of the molecule is Clc1cccc(C(Cl)c2ccc3c(c2)CCO3)c1. The van der Waals surface area contributed by atoms with Gasteiger partial charge in [-0.25, -0.2) is 0 Å². The third-order valence-electron chi connectivity index (χ3n) is 3.15. The van der Waals surface area contributed by atoms with Crippen molar-refractivity contribution in [1.82, 2.24) is 0 Å². The van der Waals surface area contributed by atoms with E-state index < -0.39 is 0 Å². The first-order valence-corrected chi connectivity index (χ1v) is 6.70. The van der Waals surface area contributed by atoms with E-state index in [1.807, 2.05) is 36.4 Å². The van der Waals surface area contributed by atoms with Gasteiger partial charge in [0, 0.05) is 11.4 Å². The third-order valence-corrected chi connectivity index (χ3v) is 3.89. The Labute approximate surface area is 116 Å². The molecule has 0 bridgehead atoms. The predicted molar refractivity (Wildman–Crippen MR) is 74.8 cm³/mol. The summed E-state index contributed by atoms with van der Waals surface area (Å²) in [5.41, 5.74) is 3.34. The second kappa shape index (κ2) is 4.83. The molecule has 0 saturated carbocycles. The van der Waals surface area contributed by atoms with Crippen LogP contribution in [0, 0.1) is 0 Å². The van der Waals surface area contributed by atoms with Crippen LogP contribution in [0.25, 0.3) is 0 Å². The summed E-state index contributed by atoms with van der Waals surface area (Å²) in [4.78, 5) is 0. The average Bonchev–Trinajstić information content (AvgIpc) is 2.85. The molecule has 1 atom stereocenters. The normalized spacial score (nSPS) is 15.0. The summed E-state index contributed by atoms with van der Waals surface area (Å²) in [6.07, 6.45) is 0.961. The van der Waals surface area contributed by atoms with Crippen LogP contribution in [0.4, 0.5) is 0 Å². The molecule has 2 aromatic rings. The van der Waals surface area contributed by atoms with Gasteiger partial charge in [0.15, 0.2) is 0 Å². The number of benzene rings is 2. The Morgan fingerprint density at radius 2 is 1.89 bits per heavy atom. The van der Waals surface area contributed by atoms with Gasteiger partial charge in [0.25, 0.3) is 0 Å². The molecule has 0 aliphatic carbocycles. The molecule has 1 heterocycles. The van der Waals surface area contributed by atoms with Crippen LogP contribution in [0.2, 0.25) is 5.02 Å². The van der Waals surface area contributed by atoms with Crippen LogP contribution in [-0.4, -0.2) is 6.61 Å². The molecule has 2 aromatic carbocycles. The zero-order valence-corrected chi connectivity index (χ0v) is 11.2. The summed E-state index contributed by atoms with van der Waals surface area (Å²) in [5.74, 6) is 0.980. The first-order chi connectivity index (χ1) is 8.74.